The van der Waals surface area contributed by atoms with Gasteiger partial charge in [-0.25, -0.2) is 4.98 Å². The lowest BCUT2D eigenvalue weighted by Crippen LogP contribution is -2.27. The van der Waals surface area contributed by atoms with Gasteiger partial charge in [0.05, 0.1) is 27.9 Å². The SMILES string of the molecule is CC(=O)[C@@H](OC(C)(C)C)c1c(C)cc2nc(-c3ccnc(-c4cccc5c4CC(=O)N5C)c3)sc2c1-c1ccc(Cl)cc1. The van der Waals surface area contributed by atoms with E-state index < -0.39 is 11.7 Å². The molecule has 8 heteroatoms. The van der Waals surface area contributed by atoms with E-state index in [0.717, 1.165) is 65.5 Å². The quantitative estimate of drug-likeness (QED) is 0.193. The number of Topliss-reactive ketones (excluding diaryl/α,β-unsaturated/α-hetero) is 1. The highest BCUT2D eigenvalue weighted by Gasteiger charge is 2.31. The van der Waals surface area contributed by atoms with Gasteiger partial charge in [0.1, 0.15) is 11.1 Å². The van der Waals surface area contributed by atoms with Crippen LogP contribution in [-0.4, -0.2) is 34.3 Å². The van der Waals surface area contributed by atoms with Crippen LogP contribution in [0.4, 0.5) is 5.69 Å². The maximum atomic E-state index is 13.1. The Hall–Kier alpha value is -3.91. The third-order valence-corrected chi connectivity index (χ3v) is 9.05. The molecule has 5 aromatic rings. The van der Waals surface area contributed by atoms with Crippen molar-refractivity contribution in [2.24, 2.45) is 0 Å². The number of fused-ring (bicyclic) bond motifs is 2. The number of benzene rings is 3. The van der Waals surface area contributed by atoms with E-state index in [9.17, 15) is 9.59 Å². The van der Waals surface area contributed by atoms with Crippen LogP contribution in [0.25, 0.3) is 43.2 Å². The summed E-state index contributed by atoms with van der Waals surface area (Å²) in [7, 11) is 1.81. The number of amides is 1. The zero-order valence-corrected chi connectivity index (χ0v) is 26.6. The van der Waals surface area contributed by atoms with E-state index in [1.54, 1.807) is 36.4 Å². The molecule has 0 aliphatic carbocycles. The van der Waals surface area contributed by atoms with Gasteiger partial charge in [0, 0.05) is 46.2 Å². The average Bonchev–Trinajstić information content (AvgIpc) is 3.51. The number of nitrogens with zero attached hydrogens (tertiary/aromatic N) is 3. The molecule has 1 atom stereocenters. The monoisotopic (exact) mass is 609 g/mol. The number of carbonyl (C=O) groups excluding carboxylic acids is 2. The average molecular weight is 610 g/mol. The lowest BCUT2D eigenvalue weighted by Gasteiger charge is -2.29. The Kier molecular flexibility index (Phi) is 7.45. The predicted octanol–water partition coefficient (Wildman–Crippen LogP) is 8.62. The highest BCUT2D eigenvalue weighted by Crippen LogP contribution is 2.45. The molecule has 3 aromatic carbocycles. The molecule has 1 aliphatic heterocycles. The van der Waals surface area contributed by atoms with Gasteiger partial charge in [0.15, 0.2) is 5.78 Å². The molecule has 0 radical (unpaired) electrons. The summed E-state index contributed by atoms with van der Waals surface area (Å²) in [6.07, 6.45) is 1.40. The maximum absolute atomic E-state index is 13.1. The second-order valence-electron chi connectivity index (χ2n) is 11.9. The number of carbonyl (C=O) groups is 2. The molecule has 6 nitrogen and oxygen atoms in total. The number of anilines is 1. The Labute approximate surface area is 260 Å². The lowest BCUT2D eigenvalue weighted by atomic mass is 9.90. The molecule has 0 saturated heterocycles. The van der Waals surface area contributed by atoms with Gasteiger partial charge in [0.2, 0.25) is 5.91 Å². The summed E-state index contributed by atoms with van der Waals surface area (Å²) in [6.45, 7) is 9.46. The minimum Gasteiger partial charge on any atom is -0.360 e. The summed E-state index contributed by atoms with van der Waals surface area (Å²) in [6, 6.07) is 19.7. The van der Waals surface area contributed by atoms with Crippen molar-refractivity contribution in [2.75, 3.05) is 11.9 Å². The number of ether oxygens (including phenoxy) is 1. The van der Waals surface area contributed by atoms with Crippen molar-refractivity contribution < 1.29 is 14.3 Å². The van der Waals surface area contributed by atoms with Crippen molar-refractivity contribution in [3.63, 3.8) is 0 Å². The van der Waals surface area contributed by atoms with Gasteiger partial charge in [-0.15, -0.1) is 11.3 Å². The first-order valence-corrected chi connectivity index (χ1v) is 15.3. The summed E-state index contributed by atoms with van der Waals surface area (Å²) in [4.78, 5) is 37.0. The minimum absolute atomic E-state index is 0.0596. The lowest BCUT2D eigenvalue weighted by molar-refractivity contribution is -0.138. The first-order valence-electron chi connectivity index (χ1n) is 14.1. The van der Waals surface area contributed by atoms with Gasteiger partial charge in [-0.3, -0.25) is 14.6 Å². The van der Waals surface area contributed by atoms with Crippen LogP contribution in [0.5, 0.6) is 0 Å². The number of thiazole rings is 1. The zero-order chi connectivity index (χ0) is 30.6. The largest absolute Gasteiger partial charge is 0.360 e. The number of rotatable bonds is 6. The number of likely N-dealkylation sites (N-methyl/N-ethyl adjacent to an activating group) is 1. The molecule has 6 rings (SSSR count). The maximum Gasteiger partial charge on any atom is 0.231 e. The Balaban J connectivity index is 1.54. The van der Waals surface area contributed by atoms with Gasteiger partial charge < -0.3 is 9.64 Å². The third kappa shape index (κ3) is 5.49. The van der Waals surface area contributed by atoms with Crippen molar-refractivity contribution in [3.05, 3.63) is 88.6 Å². The molecule has 0 spiro atoms. The summed E-state index contributed by atoms with van der Waals surface area (Å²) in [5.41, 5.74) is 8.53. The van der Waals surface area contributed by atoms with E-state index in [1.807, 2.05) is 88.4 Å². The van der Waals surface area contributed by atoms with Crippen LogP contribution in [0, 0.1) is 6.92 Å². The Bertz CT molecular complexity index is 1910. The van der Waals surface area contributed by atoms with E-state index in [1.165, 1.54) is 0 Å². The van der Waals surface area contributed by atoms with Crippen LogP contribution in [-0.2, 0) is 20.7 Å². The van der Waals surface area contributed by atoms with Crippen molar-refractivity contribution in [3.8, 4) is 33.0 Å². The number of pyridine rings is 1. The standard InChI is InChI=1S/C35H32ClN3O3S/c1-19-16-27-33(31(21-10-12-23(36)13-11-21)30(19)32(20(2)40)42-35(3,4)5)43-34(38-27)22-14-15-37-26(17-22)24-8-7-9-28-25(24)18-29(41)39(28)6/h7-17,32H,18H2,1-6H3/t32-/m1/s1. The van der Waals surface area contributed by atoms with Gasteiger partial charge >= 0.3 is 0 Å². The van der Waals surface area contributed by atoms with Crippen LogP contribution in [0.1, 0.15) is 50.5 Å². The Morgan fingerprint density at radius 3 is 2.51 bits per heavy atom. The number of halogens is 1. The number of hydrogen-bond acceptors (Lipinski definition) is 6. The van der Waals surface area contributed by atoms with E-state index >= 15 is 0 Å². The number of hydrogen-bond donors (Lipinski definition) is 0. The molecule has 0 saturated carbocycles. The second-order valence-corrected chi connectivity index (χ2v) is 13.4. The van der Waals surface area contributed by atoms with Crippen LogP contribution < -0.4 is 4.90 Å². The van der Waals surface area contributed by atoms with Crippen molar-refractivity contribution in [1.82, 2.24) is 9.97 Å². The minimum atomic E-state index is -0.742. The summed E-state index contributed by atoms with van der Waals surface area (Å²) in [5.74, 6) is 0.0145. The van der Waals surface area contributed by atoms with Crippen LogP contribution in [0.3, 0.4) is 0 Å². The topological polar surface area (TPSA) is 72.4 Å². The van der Waals surface area contributed by atoms with Gasteiger partial charge in [-0.2, -0.15) is 0 Å². The fourth-order valence-electron chi connectivity index (χ4n) is 5.70. The van der Waals surface area contributed by atoms with E-state index in [-0.39, 0.29) is 11.7 Å². The van der Waals surface area contributed by atoms with Crippen molar-refractivity contribution in [2.45, 2.75) is 52.7 Å². The Morgan fingerprint density at radius 2 is 1.81 bits per heavy atom. The zero-order valence-electron chi connectivity index (χ0n) is 25.0. The number of aromatic nitrogens is 2. The summed E-state index contributed by atoms with van der Waals surface area (Å²) < 4.78 is 7.35. The number of aryl methyl sites for hydroxylation is 1. The molecular weight excluding hydrogens is 578 g/mol. The first kappa shape index (κ1) is 29.2. The fourth-order valence-corrected chi connectivity index (χ4v) is 6.95. The van der Waals surface area contributed by atoms with Crippen molar-refractivity contribution in [1.29, 1.82) is 0 Å². The molecule has 0 bridgehead atoms. The van der Waals surface area contributed by atoms with Gasteiger partial charge in [0.25, 0.3) is 0 Å². The highest BCUT2D eigenvalue weighted by atomic mass is 35.5. The number of ketones is 1. The van der Waals surface area contributed by atoms with Crippen molar-refractivity contribution >= 4 is 50.5 Å². The van der Waals surface area contributed by atoms with Crippen LogP contribution >= 0.6 is 22.9 Å². The van der Waals surface area contributed by atoms with Crippen LogP contribution in [0.15, 0.2) is 66.9 Å². The van der Waals surface area contributed by atoms with E-state index in [4.69, 9.17) is 21.3 Å². The molecule has 1 aliphatic rings. The van der Waals surface area contributed by atoms with E-state index in [0.29, 0.717) is 11.4 Å². The smallest absolute Gasteiger partial charge is 0.231 e. The second kappa shape index (κ2) is 11.0. The fraction of sp³-hybridized carbons (Fsp3) is 0.257. The molecule has 218 valence electrons. The summed E-state index contributed by atoms with van der Waals surface area (Å²) in [5, 5.41) is 1.47. The molecule has 3 heterocycles. The molecule has 1 amide bonds. The Morgan fingerprint density at radius 1 is 1.07 bits per heavy atom. The molecule has 0 unspecified atom stereocenters. The van der Waals surface area contributed by atoms with Gasteiger partial charge in [-0.05, 0) is 87.7 Å². The van der Waals surface area contributed by atoms with Crippen LogP contribution in [0.2, 0.25) is 5.02 Å². The normalized spacial score (nSPS) is 13.9. The molecule has 2 aromatic heterocycles. The van der Waals surface area contributed by atoms with Gasteiger partial charge in [-0.1, -0.05) is 35.9 Å². The molecule has 43 heavy (non-hydrogen) atoms. The molecular formula is C35H32ClN3O3S. The summed E-state index contributed by atoms with van der Waals surface area (Å²) >= 11 is 7.85. The third-order valence-electron chi connectivity index (χ3n) is 7.66. The van der Waals surface area contributed by atoms with E-state index in [2.05, 4.69) is 4.98 Å². The highest BCUT2D eigenvalue weighted by molar-refractivity contribution is 7.22. The molecule has 0 N–H and O–H groups in total. The molecule has 0 fully saturated rings. The first-order chi connectivity index (χ1) is 20.4. The predicted molar refractivity (Wildman–Crippen MR) is 175 cm³/mol.